The lowest BCUT2D eigenvalue weighted by Crippen LogP contribution is -2.14. The van der Waals surface area contributed by atoms with Crippen molar-refractivity contribution < 1.29 is 8.42 Å². The molecule has 0 fully saturated rings. The molecule has 0 unspecified atom stereocenters. The van der Waals surface area contributed by atoms with Crippen molar-refractivity contribution in [3.8, 4) is 0 Å². The lowest BCUT2D eigenvalue weighted by atomic mass is 10.5. The molecule has 0 aliphatic rings. The van der Waals surface area contributed by atoms with E-state index in [-0.39, 0.29) is 11.0 Å². The van der Waals surface area contributed by atoms with Gasteiger partial charge in [-0.15, -0.1) is 0 Å². The molecule has 0 amide bonds. The standard InChI is InChI=1S/C8H11N5O2S/c1-2-6-11-5-7(12-6)16(14,15)13-8-9-3-4-10-8/h3-5H,2H2,1H3,(H,11,12)(H2,9,10,13). The lowest BCUT2D eigenvalue weighted by molar-refractivity contribution is 0.597. The molecule has 86 valence electrons. The number of sulfonamides is 1. The van der Waals surface area contributed by atoms with Gasteiger partial charge in [0, 0.05) is 18.8 Å². The summed E-state index contributed by atoms with van der Waals surface area (Å²) < 4.78 is 25.9. The van der Waals surface area contributed by atoms with E-state index in [0.717, 1.165) is 0 Å². The molecule has 8 heteroatoms. The fraction of sp³-hybridized carbons (Fsp3) is 0.250. The average Bonchev–Trinajstić information content (AvgIpc) is 2.85. The van der Waals surface area contributed by atoms with Crippen molar-refractivity contribution in [1.29, 1.82) is 0 Å². The SMILES string of the molecule is CCc1ncc(S(=O)(=O)Nc2ncc[nH]2)[nH]1. The van der Waals surface area contributed by atoms with E-state index in [4.69, 9.17) is 0 Å². The molecule has 0 radical (unpaired) electrons. The van der Waals surface area contributed by atoms with E-state index in [1.165, 1.54) is 18.6 Å². The maximum Gasteiger partial charge on any atom is 0.281 e. The first-order chi connectivity index (χ1) is 7.62. The Morgan fingerprint density at radius 3 is 2.81 bits per heavy atom. The van der Waals surface area contributed by atoms with Gasteiger partial charge in [-0.05, 0) is 0 Å². The summed E-state index contributed by atoms with van der Waals surface area (Å²) >= 11 is 0. The Hall–Kier alpha value is -1.83. The van der Waals surface area contributed by atoms with Crippen molar-refractivity contribution >= 4 is 16.0 Å². The van der Waals surface area contributed by atoms with Crippen LogP contribution in [-0.4, -0.2) is 28.4 Å². The smallest absolute Gasteiger partial charge is 0.281 e. The highest BCUT2D eigenvalue weighted by Gasteiger charge is 2.17. The number of hydrogen-bond acceptors (Lipinski definition) is 4. The summed E-state index contributed by atoms with van der Waals surface area (Å²) in [5.74, 6) is 0.799. The first-order valence-corrected chi connectivity index (χ1v) is 6.16. The number of aryl methyl sites for hydroxylation is 1. The zero-order chi connectivity index (χ0) is 11.6. The first kappa shape index (κ1) is 10.7. The Morgan fingerprint density at radius 1 is 1.44 bits per heavy atom. The number of imidazole rings is 2. The predicted molar refractivity (Wildman–Crippen MR) is 57.4 cm³/mol. The molecule has 2 heterocycles. The molecular weight excluding hydrogens is 230 g/mol. The summed E-state index contributed by atoms with van der Waals surface area (Å²) in [5.41, 5.74) is 0. The Morgan fingerprint density at radius 2 is 2.25 bits per heavy atom. The third kappa shape index (κ3) is 2.06. The van der Waals surface area contributed by atoms with Crippen LogP contribution in [0.15, 0.2) is 23.6 Å². The second-order valence-corrected chi connectivity index (χ2v) is 4.74. The summed E-state index contributed by atoms with van der Waals surface area (Å²) in [7, 11) is -3.63. The topological polar surface area (TPSA) is 104 Å². The molecule has 0 saturated carbocycles. The van der Waals surface area contributed by atoms with E-state index in [1.54, 1.807) is 0 Å². The third-order valence-electron chi connectivity index (χ3n) is 1.96. The highest BCUT2D eigenvalue weighted by atomic mass is 32.2. The highest BCUT2D eigenvalue weighted by molar-refractivity contribution is 7.92. The summed E-state index contributed by atoms with van der Waals surface area (Å²) in [6, 6.07) is 0. The maximum absolute atomic E-state index is 11.8. The van der Waals surface area contributed by atoms with E-state index in [2.05, 4.69) is 24.7 Å². The Labute approximate surface area is 92.4 Å². The fourth-order valence-corrected chi connectivity index (χ4v) is 2.08. The zero-order valence-corrected chi connectivity index (χ0v) is 9.37. The van der Waals surface area contributed by atoms with Crippen molar-refractivity contribution in [2.75, 3.05) is 4.72 Å². The van der Waals surface area contributed by atoms with Gasteiger partial charge in [0.05, 0.1) is 6.20 Å². The van der Waals surface area contributed by atoms with Gasteiger partial charge in [-0.3, -0.25) is 0 Å². The molecule has 0 aliphatic heterocycles. The number of aromatic amines is 2. The Kier molecular flexibility index (Phi) is 2.65. The molecule has 2 rings (SSSR count). The van der Waals surface area contributed by atoms with Crippen LogP contribution in [0.1, 0.15) is 12.7 Å². The molecule has 2 aromatic rings. The molecule has 16 heavy (non-hydrogen) atoms. The van der Waals surface area contributed by atoms with Crippen LogP contribution in [0.25, 0.3) is 0 Å². The first-order valence-electron chi connectivity index (χ1n) is 4.68. The number of nitrogens with zero attached hydrogens (tertiary/aromatic N) is 2. The van der Waals surface area contributed by atoms with Crippen molar-refractivity contribution in [2.24, 2.45) is 0 Å². The molecule has 0 bridgehead atoms. The number of anilines is 1. The quantitative estimate of drug-likeness (QED) is 0.724. The van der Waals surface area contributed by atoms with E-state index in [0.29, 0.717) is 12.2 Å². The van der Waals surface area contributed by atoms with Crippen LogP contribution in [-0.2, 0) is 16.4 Å². The molecule has 0 spiro atoms. The second-order valence-electron chi connectivity index (χ2n) is 3.09. The van der Waals surface area contributed by atoms with Gasteiger partial charge in [0.25, 0.3) is 10.0 Å². The van der Waals surface area contributed by atoms with Gasteiger partial charge >= 0.3 is 0 Å². The summed E-state index contributed by atoms with van der Waals surface area (Å²) in [6.07, 6.45) is 4.92. The normalized spacial score (nSPS) is 11.6. The van der Waals surface area contributed by atoms with E-state index < -0.39 is 10.0 Å². The van der Waals surface area contributed by atoms with Crippen LogP contribution >= 0.6 is 0 Å². The minimum absolute atomic E-state index is 0.0285. The van der Waals surface area contributed by atoms with Gasteiger partial charge in [0.1, 0.15) is 5.82 Å². The van der Waals surface area contributed by atoms with Crippen LogP contribution < -0.4 is 4.72 Å². The zero-order valence-electron chi connectivity index (χ0n) is 8.56. The minimum Gasteiger partial charge on any atom is -0.332 e. The molecule has 3 N–H and O–H groups in total. The van der Waals surface area contributed by atoms with Gasteiger partial charge in [-0.2, -0.15) is 8.42 Å². The van der Waals surface area contributed by atoms with Crippen LogP contribution in [0.5, 0.6) is 0 Å². The molecule has 0 aliphatic carbocycles. The maximum atomic E-state index is 11.8. The Balaban J connectivity index is 2.25. The highest BCUT2D eigenvalue weighted by Crippen LogP contribution is 2.10. The number of hydrogen-bond donors (Lipinski definition) is 3. The fourth-order valence-electron chi connectivity index (χ4n) is 1.16. The molecule has 0 atom stereocenters. The van der Waals surface area contributed by atoms with Crippen molar-refractivity contribution in [1.82, 2.24) is 19.9 Å². The van der Waals surface area contributed by atoms with Gasteiger partial charge in [-0.25, -0.2) is 14.7 Å². The van der Waals surface area contributed by atoms with Crippen LogP contribution in [0.2, 0.25) is 0 Å². The van der Waals surface area contributed by atoms with E-state index in [9.17, 15) is 8.42 Å². The number of rotatable bonds is 4. The van der Waals surface area contributed by atoms with Gasteiger partial charge in [0.2, 0.25) is 5.95 Å². The number of nitrogens with one attached hydrogen (secondary N) is 3. The monoisotopic (exact) mass is 241 g/mol. The lowest BCUT2D eigenvalue weighted by Gasteiger charge is -2.01. The average molecular weight is 241 g/mol. The van der Waals surface area contributed by atoms with E-state index in [1.807, 2.05) is 6.92 Å². The molecule has 7 nitrogen and oxygen atoms in total. The van der Waals surface area contributed by atoms with Crippen molar-refractivity contribution in [2.45, 2.75) is 18.4 Å². The molecule has 0 aromatic carbocycles. The molecule has 0 saturated heterocycles. The second kappa shape index (κ2) is 3.97. The van der Waals surface area contributed by atoms with E-state index >= 15 is 0 Å². The molecule has 2 aromatic heterocycles. The summed E-state index contributed by atoms with van der Waals surface area (Å²) in [4.78, 5) is 13.1. The summed E-state index contributed by atoms with van der Waals surface area (Å²) in [5, 5.41) is 0.0285. The number of aromatic nitrogens is 4. The van der Waals surface area contributed by atoms with Crippen molar-refractivity contribution in [3.05, 3.63) is 24.4 Å². The van der Waals surface area contributed by atoms with Gasteiger partial charge in [0.15, 0.2) is 5.03 Å². The summed E-state index contributed by atoms with van der Waals surface area (Å²) in [6.45, 7) is 1.88. The Bertz CT molecular complexity index is 557. The van der Waals surface area contributed by atoms with Crippen LogP contribution in [0.3, 0.4) is 0 Å². The number of H-pyrrole nitrogens is 2. The van der Waals surface area contributed by atoms with Crippen LogP contribution in [0.4, 0.5) is 5.95 Å². The minimum atomic E-state index is -3.63. The van der Waals surface area contributed by atoms with Gasteiger partial charge < -0.3 is 9.97 Å². The van der Waals surface area contributed by atoms with Gasteiger partial charge in [-0.1, -0.05) is 6.92 Å². The molecular formula is C8H11N5O2S. The van der Waals surface area contributed by atoms with Crippen molar-refractivity contribution in [3.63, 3.8) is 0 Å². The largest absolute Gasteiger partial charge is 0.332 e. The van der Waals surface area contributed by atoms with Crippen LogP contribution in [0, 0.1) is 0 Å². The third-order valence-corrected chi connectivity index (χ3v) is 3.21. The predicted octanol–water partition coefficient (Wildman–Crippen LogP) is 0.496.